The molecule has 0 saturated carbocycles. The molecule has 0 aliphatic carbocycles. The zero-order chi connectivity index (χ0) is 15.2. The summed E-state index contributed by atoms with van der Waals surface area (Å²) in [6, 6.07) is 11.3. The van der Waals surface area contributed by atoms with Gasteiger partial charge in [0.05, 0.1) is 13.7 Å². The van der Waals surface area contributed by atoms with E-state index in [1.165, 1.54) is 0 Å². The molecule has 2 aromatic rings. The van der Waals surface area contributed by atoms with Gasteiger partial charge in [-0.3, -0.25) is 4.79 Å². The number of benzene rings is 1. The van der Waals surface area contributed by atoms with Crippen molar-refractivity contribution in [3.63, 3.8) is 0 Å². The molecule has 4 heteroatoms. The molecule has 0 aliphatic heterocycles. The van der Waals surface area contributed by atoms with E-state index in [1.807, 2.05) is 43.3 Å². The van der Waals surface area contributed by atoms with E-state index in [2.05, 4.69) is 0 Å². The van der Waals surface area contributed by atoms with Gasteiger partial charge in [-0.05, 0) is 42.8 Å². The molecule has 21 heavy (non-hydrogen) atoms. The molecule has 0 aliphatic rings. The lowest BCUT2D eigenvalue weighted by atomic mass is 10.2. The van der Waals surface area contributed by atoms with Crippen molar-refractivity contribution in [1.29, 1.82) is 0 Å². The fourth-order valence-corrected chi connectivity index (χ4v) is 1.92. The number of carbonyl (C=O) groups is 1. The summed E-state index contributed by atoms with van der Waals surface area (Å²) in [4.78, 5) is 13.7. The van der Waals surface area contributed by atoms with Crippen molar-refractivity contribution in [3.05, 3.63) is 59.6 Å². The molecule has 0 spiro atoms. The first-order valence-electron chi connectivity index (χ1n) is 6.71. The van der Waals surface area contributed by atoms with Gasteiger partial charge in [-0.25, -0.2) is 0 Å². The van der Waals surface area contributed by atoms with E-state index in [0.29, 0.717) is 6.54 Å². The van der Waals surface area contributed by atoms with Gasteiger partial charge in [-0.2, -0.15) is 0 Å². The van der Waals surface area contributed by atoms with Gasteiger partial charge in [-0.1, -0.05) is 12.1 Å². The highest BCUT2D eigenvalue weighted by Gasteiger charge is 2.08. The first-order chi connectivity index (χ1) is 10.1. The van der Waals surface area contributed by atoms with Gasteiger partial charge < -0.3 is 14.1 Å². The number of furan rings is 1. The highest BCUT2D eigenvalue weighted by atomic mass is 16.5. The Morgan fingerprint density at radius 2 is 2.14 bits per heavy atom. The molecule has 0 unspecified atom stereocenters. The third-order valence-corrected chi connectivity index (χ3v) is 3.08. The number of methoxy groups -OCH3 is 1. The molecule has 1 amide bonds. The normalized spacial score (nSPS) is 10.8. The summed E-state index contributed by atoms with van der Waals surface area (Å²) in [5, 5.41) is 0. The number of nitrogens with zero attached hydrogens (tertiary/aromatic N) is 1. The van der Waals surface area contributed by atoms with Crippen molar-refractivity contribution in [3.8, 4) is 5.75 Å². The van der Waals surface area contributed by atoms with Crippen molar-refractivity contribution in [2.75, 3.05) is 14.2 Å². The van der Waals surface area contributed by atoms with E-state index < -0.39 is 0 Å². The van der Waals surface area contributed by atoms with Gasteiger partial charge in [0, 0.05) is 13.1 Å². The average Bonchev–Trinajstić information content (AvgIpc) is 2.90. The molecule has 4 nitrogen and oxygen atoms in total. The van der Waals surface area contributed by atoms with E-state index in [9.17, 15) is 4.79 Å². The van der Waals surface area contributed by atoms with Crippen molar-refractivity contribution in [1.82, 2.24) is 4.90 Å². The van der Waals surface area contributed by atoms with Gasteiger partial charge in [0.2, 0.25) is 5.91 Å². The number of likely N-dealkylation sites (N-methyl/N-ethyl adjacent to an activating group) is 1. The Balaban J connectivity index is 1.97. The largest absolute Gasteiger partial charge is 0.497 e. The Hall–Kier alpha value is -2.49. The van der Waals surface area contributed by atoms with Gasteiger partial charge in [0.1, 0.15) is 17.3 Å². The fraction of sp³-hybridized carbons (Fsp3) is 0.235. The molecule has 1 aromatic heterocycles. The minimum absolute atomic E-state index is 0.0770. The number of aryl methyl sites for hydroxylation is 1. The molecule has 0 atom stereocenters. The number of hydrogen-bond donors (Lipinski definition) is 0. The molecule has 1 heterocycles. The number of ether oxygens (including phenoxy) is 1. The predicted molar refractivity (Wildman–Crippen MR) is 81.9 cm³/mol. The zero-order valence-electron chi connectivity index (χ0n) is 12.5. The summed E-state index contributed by atoms with van der Waals surface area (Å²) in [5.74, 6) is 2.31. The minimum Gasteiger partial charge on any atom is -0.497 e. The van der Waals surface area contributed by atoms with Crippen LogP contribution in [0.2, 0.25) is 0 Å². The summed E-state index contributed by atoms with van der Waals surface area (Å²) >= 11 is 0. The molecule has 2 rings (SSSR count). The molecule has 0 bridgehead atoms. The summed E-state index contributed by atoms with van der Waals surface area (Å²) in [5.41, 5.74) is 0.921. The van der Waals surface area contributed by atoms with E-state index in [0.717, 1.165) is 22.8 Å². The second-order valence-electron chi connectivity index (χ2n) is 4.82. The number of amides is 1. The van der Waals surface area contributed by atoms with Crippen LogP contribution in [0, 0.1) is 6.92 Å². The topological polar surface area (TPSA) is 42.7 Å². The molecule has 0 N–H and O–H groups in total. The summed E-state index contributed by atoms with van der Waals surface area (Å²) in [6.07, 6.45) is 3.32. The van der Waals surface area contributed by atoms with Gasteiger partial charge >= 0.3 is 0 Å². The standard InChI is InChI=1S/C17H19NO3/c1-13-7-9-16(21-13)12-18(2)17(19)10-8-14-5-4-6-15(11-14)20-3/h4-11H,12H2,1-3H3/b10-8+. The third-order valence-electron chi connectivity index (χ3n) is 3.08. The molecule has 110 valence electrons. The fourth-order valence-electron chi connectivity index (χ4n) is 1.92. The number of carbonyl (C=O) groups excluding carboxylic acids is 1. The monoisotopic (exact) mass is 285 g/mol. The van der Waals surface area contributed by atoms with Gasteiger partial charge in [-0.15, -0.1) is 0 Å². The second-order valence-corrected chi connectivity index (χ2v) is 4.82. The highest BCUT2D eigenvalue weighted by molar-refractivity contribution is 5.91. The summed E-state index contributed by atoms with van der Waals surface area (Å²) < 4.78 is 10.6. The van der Waals surface area contributed by atoms with Crippen molar-refractivity contribution in [2.24, 2.45) is 0 Å². The number of hydrogen-bond acceptors (Lipinski definition) is 3. The Morgan fingerprint density at radius 1 is 1.33 bits per heavy atom. The van der Waals surface area contributed by atoms with E-state index in [-0.39, 0.29) is 5.91 Å². The molecule has 0 fully saturated rings. The number of rotatable bonds is 5. The van der Waals surface area contributed by atoms with Crippen LogP contribution in [0.5, 0.6) is 5.75 Å². The van der Waals surface area contributed by atoms with Crippen molar-refractivity contribution in [2.45, 2.75) is 13.5 Å². The second kappa shape index (κ2) is 6.79. The third kappa shape index (κ3) is 4.24. The van der Waals surface area contributed by atoms with Crippen molar-refractivity contribution < 1.29 is 13.9 Å². The van der Waals surface area contributed by atoms with Crippen LogP contribution in [0.15, 0.2) is 46.9 Å². The molecule has 1 aromatic carbocycles. The smallest absolute Gasteiger partial charge is 0.246 e. The van der Waals surface area contributed by atoms with E-state index in [1.54, 1.807) is 31.2 Å². The SMILES string of the molecule is COc1cccc(/C=C/C(=O)N(C)Cc2ccc(C)o2)c1. The first kappa shape index (κ1) is 14.9. The van der Waals surface area contributed by atoms with Crippen LogP contribution in [0.25, 0.3) is 6.08 Å². The van der Waals surface area contributed by atoms with Crippen LogP contribution >= 0.6 is 0 Å². The predicted octanol–water partition coefficient (Wildman–Crippen LogP) is 3.27. The quantitative estimate of drug-likeness (QED) is 0.792. The van der Waals surface area contributed by atoms with Crippen LogP contribution in [0.1, 0.15) is 17.1 Å². The van der Waals surface area contributed by atoms with Crippen LogP contribution in [-0.2, 0) is 11.3 Å². The Kier molecular flexibility index (Phi) is 4.82. The lowest BCUT2D eigenvalue weighted by molar-refractivity contribution is -0.125. The average molecular weight is 285 g/mol. The zero-order valence-corrected chi connectivity index (χ0v) is 12.5. The summed E-state index contributed by atoms with van der Waals surface area (Å²) in [6.45, 7) is 2.34. The van der Waals surface area contributed by atoms with E-state index >= 15 is 0 Å². The van der Waals surface area contributed by atoms with Crippen molar-refractivity contribution >= 4 is 12.0 Å². The Morgan fingerprint density at radius 3 is 2.81 bits per heavy atom. The lowest BCUT2D eigenvalue weighted by Crippen LogP contribution is -2.23. The Labute approximate surface area is 124 Å². The van der Waals surface area contributed by atoms with Crippen LogP contribution in [-0.4, -0.2) is 25.0 Å². The molecular formula is C17H19NO3. The van der Waals surface area contributed by atoms with Gasteiger partial charge in [0.15, 0.2) is 0 Å². The molecular weight excluding hydrogens is 266 g/mol. The van der Waals surface area contributed by atoms with Crippen LogP contribution in [0.3, 0.4) is 0 Å². The van der Waals surface area contributed by atoms with Crippen LogP contribution in [0.4, 0.5) is 0 Å². The lowest BCUT2D eigenvalue weighted by Gasteiger charge is -2.13. The maximum absolute atomic E-state index is 12.0. The minimum atomic E-state index is -0.0770. The maximum atomic E-state index is 12.0. The summed E-state index contributed by atoms with van der Waals surface area (Å²) in [7, 11) is 3.36. The van der Waals surface area contributed by atoms with Gasteiger partial charge in [0.25, 0.3) is 0 Å². The molecule has 0 saturated heterocycles. The Bertz CT molecular complexity index is 643. The molecule has 0 radical (unpaired) electrons. The van der Waals surface area contributed by atoms with Crippen LogP contribution < -0.4 is 4.74 Å². The maximum Gasteiger partial charge on any atom is 0.246 e. The highest BCUT2D eigenvalue weighted by Crippen LogP contribution is 2.14. The first-order valence-corrected chi connectivity index (χ1v) is 6.71. The van der Waals surface area contributed by atoms with E-state index in [4.69, 9.17) is 9.15 Å².